The second kappa shape index (κ2) is 11.5. The van der Waals surface area contributed by atoms with Gasteiger partial charge in [0.25, 0.3) is 0 Å². The number of fused-ring (bicyclic) bond motifs is 7. The van der Waals surface area contributed by atoms with Gasteiger partial charge >= 0.3 is 0 Å². The molecule has 0 saturated carbocycles. The molecule has 0 saturated heterocycles. The van der Waals surface area contributed by atoms with Crippen molar-refractivity contribution in [2.75, 3.05) is 0 Å². The molecule has 10 rings (SSSR count). The molecule has 0 radical (unpaired) electrons. The summed E-state index contributed by atoms with van der Waals surface area (Å²) in [5.74, 6) is 0.891. The van der Waals surface area contributed by atoms with E-state index >= 15 is 0 Å². The second-order valence-corrected chi connectivity index (χ2v) is 13.1. The summed E-state index contributed by atoms with van der Waals surface area (Å²) in [5, 5.41) is 2.34. The fourth-order valence-corrected chi connectivity index (χ4v) is 8.22. The molecular weight excluding hydrogens is 792 g/mol. The third-order valence-electron chi connectivity index (χ3n) is 10.3. The van der Waals surface area contributed by atoms with Crippen LogP contribution >= 0.6 is 0 Å². The minimum Gasteiger partial charge on any atom is -0.319 e. The van der Waals surface area contributed by atoms with Crippen molar-refractivity contribution in [3.63, 3.8) is 0 Å². The monoisotopic (exact) mass is 822 g/mol. The van der Waals surface area contributed by atoms with Crippen molar-refractivity contribution in [2.24, 2.45) is 7.05 Å². The van der Waals surface area contributed by atoms with Gasteiger partial charge in [0.15, 0.2) is 17.4 Å². The van der Waals surface area contributed by atoms with Crippen molar-refractivity contribution in [2.45, 2.75) is 12.3 Å². The van der Waals surface area contributed by atoms with Crippen LogP contribution < -0.4 is 0 Å². The number of nitrogens with zero attached hydrogens (tertiary/aromatic N) is 4. The van der Waals surface area contributed by atoms with Crippen LogP contribution in [0.5, 0.6) is 0 Å². The zero-order chi connectivity index (χ0) is 32.7. The first-order valence-corrected chi connectivity index (χ1v) is 16.7. The molecule has 0 spiro atoms. The molecule has 0 aliphatic heterocycles. The van der Waals surface area contributed by atoms with Gasteiger partial charge in [0, 0.05) is 63.1 Å². The molecule has 4 nitrogen and oxygen atoms in total. The SMILES string of the molecule is Cc1ccnc(-n2c3[c-]c(C4(c5[c-]c(-n6[cH+]n(C)c7ccccc76)ccc5)c5ccccc5-c5ccccc54)ccc3c3ccccc32)c1.[Pt]. The summed E-state index contributed by atoms with van der Waals surface area (Å²) in [6.07, 6.45) is 4.04. The maximum Gasteiger partial charge on any atom is 0.188 e. The number of imidazole rings is 1. The van der Waals surface area contributed by atoms with E-state index in [0.29, 0.717) is 0 Å². The largest absolute Gasteiger partial charge is 0.319 e. The van der Waals surface area contributed by atoms with Crippen LogP contribution in [0.25, 0.3) is 55.5 Å². The quantitative estimate of drug-likeness (QED) is 0.163. The van der Waals surface area contributed by atoms with Crippen molar-refractivity contribution in [1.82, 2.24) is 18.7 Å². The number of aromatic nitrogens is 4. The Morgan fingerprint density at radius 1 is 0.620 bits per heavy atom. The molecule has 0 N–H and O–H groups in total. The summed E-state index contributed by atoms with van der Waals surface area (Å²) in [6.45, 7) is 2.12. The fraction of sp³-hybridized carbons (Fsp3) is 0.0667. The van der Waals surface area contributed by atoms with E-state index in [1.54, 1.807) is 0 Å². The summed E-state index contributed by atoms with van der Waals surface area (Å²) in [5.41, 5.74) is 13.0. The molecule has 5 heteroatoms. The first-order valence-electron chi connectivity index (χ1n) is 16.7. The van der Waals surface area contributed by atoms with Gasteiger partial charge in [-0.15, -0.1) is 22.6 Å². The molecule has 0 fully saturated rings. The number of para-hydroxylation sites is 3. The predicted octanol–water partition coefficient (Wildman–Crippen LogP) is 10.0. The second-order valence-electron chi connectivity index (χ2n) is 13.1. The average Bonchev–Trinajstić information content (AvgIpc) is 3.77. The van der Waals surface area contributed by atoms with Crippen molar-refractivity contribution in [3.8, 4) is 22.6 Å². The Balaban J connectivity index is 0.00000336. The average molecular weight is 823 g/mol. The molecule has 0 atom stereocenters. The minimum atomic E-state index is -0.663. The third kappa shape index (κ3) is 4.22. The third-order valence-corrected chi connectivity index (χ3v) is 10.3. The van der Waals surface area contributed by atoms with E-state index in [1.165, 1.54) is 38.7 Å². The van der Waals surface area contributed by atoms with Crippen molar-refractivity contribution < 1.29 is 21.1 Å². The number of rotatable bonds is 4. The van der Waals surface area contributed by atoms with E-state index in [0.717, 1.165) is 44.6 Å². The van der Waals surface area contributed by atoms with E-state index in [9.17, 15) is 0 Å². The van der Waals surface area contributed by atoms with E-state index in [4.69, 9.17) is 4.98 Å². The van der Waals surface area contributed by atoms with Crippen molar-refractivity contribution >= 4 is 32.8 Å². The first-order chi connectivity index (χ1) is 24.1. The predicted molar refractivity (Wildman–Crippen MR) is 198 cm³/mol. The molecule has 0 amide bonds. The smallest absolute Gasteiger partial charge is 0.188 e. The molecule has 9 aromatic rings. The fourth-order valence-electron chi connectivity index (χ4n) is 8.22. The maximum absolute atomic E-state index is 4.86. The van der Waals surface area contributed by atoms with E-state index < -0.39 is 5.41 Å². The van der Waals surface area contributed by atoms with Crippen LogP contribution in [-0.2, 0) is 33.5 Å². The van der Waals surface area contributed by atoms with Gasteiger partial charge in [0.05, 0.1) is 0 Å². The molecule has 1 aliphatic carbocycles. The van der Waals surface area contributed by atoms with Crippen LogP contribution in [0.3, 0.4) is 0 Å². The number of hydrogen-bond donors (Lipinski definition) is 0. The van der Waals surface area contributed by atoms with Crippen LogP contribution in [0.1, 0.15) is 27.8 Å². The number of aryl methyl sites for hydroxylation is 2. The Kier molecular flexibility index (Phi) is 7.02. The molecule has 50 heavy (non-hydrogen) atoms. The maximum atomic E-state index is 4.86. The number of benzene rings is 6. The Labute approximate surface area is 305 Å². The Morgan fingerprint density at radius 2 is 1.28 bits per heavy atom. The van der Waals surface area contributed by atoms with Crippen LogP contribution in [0.2, 0.25) is 0 Å². The van der Waals surface area contributed by atoms with Gasteiger partial charge in [0.2, 0.25) is 0 Å². The van der Waals surface area contributed by atoms with Gasteiger partial charge < -0.3 is 4.57 Å². The van der Waals surface area contributed by atoms with Crippen molar-refractivity contribution in [1.29, 1.82) is 0 Å². The Hall–Kier alpha value is -5.57. The van der Waals surface area contributed by atoms with Crippen LogP contribution in [0.15, 0.2) is 152 Å². The molecular formula is C45H31N4Pt-. The number of pyridine rings is 1. The van der Waals surface area contributed by atoms with Gasteiger partial charge in [-0.1, -0.05) is 78.3 Å². The van der Waals surface area contributed by atoms with Crippen molar-refractivity contribution in [3.05, 3.63) is 192 Å². The van der Waals surface area contributed by atoms with Gasteiger partial charge in [-0.3, -0.25) is 0 Å². The zero-order valence-corrected chi connectivity index (χ0v) is 29.8. The number of hydrogen-bond acceptors (Lipinski definition) is 1. The van der Waals surface area contributed by atoms with Gasteiger partial charge in [-0.05, 0) is 70.5 Å². The summed E-state index contributed by atoms with van der Waals surface area (Å²) < 4.78 is 6.69. The topological polar surface area (TPSA) is 27.7 Å². The molecule has 3 heterocycles. The van der Waals surface area contributed by atoms with Gasteiger partial charge in [0.1, 0.15) is 5.82 Å². The Bertz CT molecular complexity index is 2720. The van der Waals surface area contributed by atoms with Crippen LogP contribution in [0.4, 0.5) is 0 Å². The zero-order valence-electron chi connectivity index (χ0n) is 27.5. The molecule has 3 aromatic heterocycles. The van der Waals surface area contributed by atoms with Gasteiger partial charge in [-0.25, -0.2) is 14.1 Å². The van der Waals surface area contributed by atoms with E-state index in [2.05, 4.69) is 180 Å². The summed E-state index contributed by atoms with van der Waals surface area (Å²) in [6, 6.07) is 58.2. The molecule has 242 valence electrons. The van der Waals surface area contributed by atoms with E-state index in [-0.39, 0.29) is 21.1 Å². The summed E-state index contributed by atoms with van der Waals surface area (Å²) >= 11 is 0. The summed E-state index contributed by atoms with van der Waals surface area (Å²) in [4.78, 5) is 4.86. The molecule has 0 unspecified atom stereocenters. The first kappa shape index (κ1) is 30.5. The van der Waals surface area contributed by atoms with E-state index in [1.807, 2.05) is 12.3 Å². The molecule has 1 aliphatic rings. The standard InChI is InChI=1S/C45H31N4.Pt/c1-30-24-25-46-44(26-30)49-40-19-8-5-16-36(40)37-23-22-32(28-43(37)49)45(38-17-6-3-14-34(38)35-15-4-7-18-39(35)45)31-12-11-13-33(27-31)48-29-47(2)41-20-9-10-21-42(41)48;/h3-26,29H,1-2H3;/q-1;. The Morgan fingerprint density at radius 3 is 2.04 bits per heavy atom. The van der Waals surface area contributed by atoms with Gasteiger partial charge in [-0.2, -0.15) is 30.3 Å². The molecule has 6 aromatic carbocycles. The summed E-state index contributed by atoms with van der Waals surface area (Å²) in [7, 11) is 2.10. The normalized spacial score (nSPS) is 13.0. The van der Waals surface area contributed by atoms with Crippen LogP contribution in [0, 0.1) is 19.1 Å². The minimum absolute atomic E-state index is 0. The van der Waals surface area contributed by atoms with Crippen LogP contribution in [-0.4, -0.2) is 18.7 Å². The molecule has 0 bridgehead atoms.